The second kappa shape index (κ2) is 10.1. The van der Waals surface area contributed by atoms with Gasteiger partial charge in [0.15, 0.2) is 5.54 Å². The van der Waals surface area contributed by atoms with E-state index in [9.17, 15) is 4.79 Å². The van der Waals surface area contributed by atoms with Gasteiger partial charge in [-0.25, -0.2) is 0 Å². The van der Waals surface area contributed by atoms with E-state index in [4.69, 9.17) is 4.74 Å². The minimum atomic E-state index is -1.27. The number of pyridine rings is 1. The highest BCUT2D eigenvalue weighted by atomic mass is 16.5. The maximum absolute atomic E-state index is 14.9. The molecule has 0 radical (unpaired) electrons. The van der Waals surface area contributed by atoms with Gasteiger partial charge in [0.05, 0.1) is 7.11 Å². The molecule has 2 aromatic heterocycles. The van der Waals surface area contributed by atoms with Crippen LogP contribution in [0.4, 0.5) is 5.69 Å². The third-order valence-corrected chi connectivity index (χ3v) is 6.42. The average Bonchev–Trinajstić information content (AvgIpc) is 3.34. The molecule has 0 aliphatic heterocycles. The highest BCUT2D eigenvalue weighted by Gasteiger charge is 2.44. The number of benzene rings is 3. The van der Waals surface area contributed by atoms with Gasteiger partial charge in [0.2, 0.25) is 5.78 Å². The maximum atomic E-state index is 14.9. The number of carbonyl (C=O) groups is 1. The molecule has 0 atom stereocenters. The first kappa shape index (κ1) is 24.0. The normalized spacial score (nSPS) is 11.2. The number of nitrogens with one attached hydrogen (secondary N) is 1. The first-order chi connectivity index (χ1) is 18.0. The molecule has 6 heteroatoms. The smallest absolute Gasteiger partial charge is 0.218 e. The van der Waals surface area contributed by atoms with Crippen molar-refractivity contribution in [1.29, 1.82) is 0 Å². The number of hydrogen-bond acceptors (Lipinski definition) is 5. The second-order valence-corrected chi connectivity index (χ2v) is 8.92. The summed E-state index contributed by atoms with van der Waals surface area (Å²) in [5.74, 6) is 0.514. The molecule has 0 fully saturated rings. The van der Waals surface area contributed by atoms with Gasteiger partial charge in [0.1, 0.15) is 11.4 Å². The number of ketones is 1. The van der Waals surface area contributed by atoms with Gasteiger partial charge in [-0.1, -0.05) is 72.8 Å². The fourth-order valence-electron chi connectivity index (χ4n) is 4.60. The van der Waals surface area contributed by atoms with E-state index in [0.29, 0.717) is 11.4 Å². The Morgan fingerprint density at radius 2 is 1.57 bits per heavy atom. The van der Waals surface area contributed by atoms with Crippen LogP contribution in [0.25, 0.3) is 11.1 Å². The number of carbonyl (C=O) groups excluding carboxylic acids is 1. The van der Waals surface area contributed by atoms with Crippen LogP contribution in [0, 0.1) is 6.92 Å². The Kier molecular flexibility index (Phi) is 6.56. The van der Waals surface area contributed by atoms with Crippen molar-refractivity contribution in [3.8, 4) is 16.9 Å². The lowest BCUT2D eigenvalue weighted by Gasteiger charge is -2.35. The summed E-state index contributed by atoms with van der Waals surface area (Å²) in [6, 6.07) is 31.0. The molecule has 184 valence electrons. The quantitative estimate of drug-likeness (QED) is 0.270. The minimum absolute atomic E-state index is 0.177. The Morgan fingerprint density at radius 3 is 2.16 bits per heavy atom. The van der Waals surface area contributed by atoms with Crippen molar-refractivity contribution in [2.45, 2.75) is 12.5 Å². The topological polar surface area (TPSA) is 69.0 Å². The molecule has 0 aliphatic rings. The molecule has 0 bridgehead atoms. The van der Waals surface area contributed by atoms with Gasteiger partial charge in [0.25, 0.3) is 0 Å². The van der Waals surface area contributed by atoms with Crippen molar-refractivity contribution < 1.29 is 9.53 Å². The molecule has 1 N–H and O–H groups in total. The fraction of sp³-hybridized carbons (Fsp3) is 0.129. The Hall–Kier alpha value is -4.71. The summed E-state index contributed by atoms with van der Waals surface area (Å²) >= 11 is 0. The van der Waals surface area contributed by atoms with Crippen LogP contribution in [0.3, 0.4) is 0 Å². The van der Waals surface area contributed by atoms with Crippen LogP contribution in [0.15, 0.2) is 109 Å². The molecule has 6 nitrogen and oxygen atoms in total. The van der Waals surface area contributed by atoms with Crippen LogP contribution < -0.4 is 10.1 Å². The third kappa shape index (κ3) is 4.61. The predicted octanol–water partition coefficient (Wildman–Crippen LogP) is 6.04. The fourth-order valence-corrected chi connectivity index (χ4v) is 4.60. The zero-order valence-electron chi connectivity index (χ0n) is 21.1. The number of aromatic nitrogens is 3. The lowest BCUT2D eigenvalue weighted by atomic mass is 9.77. The summed E-state index contributed by atoms with van der Waals surface area (Å²) in [7, 11) is 3.45. The van der Waals surface area contributed by atoms with E-state index in [2.05, 4.69) is 15.4 Å². The summed E-state index contributed by atoms with van der Waals surface area (Å²) in [5, 5.41) is 8.28. The molecule has 2 heterocycles. The summed E-state index contributed by atoms with van der Waals surface area (Å²) in [6.45, 7) is 1.94. The SMILES string of the molecule is COc1cccc(NC(C(=O)c2nn(C)cc2-c2ccc(C)nc2)(c2ccccc2)c2ccccc2)c1. The lowest BCUT2D eigenvalue weighted by Crippen LogP contribution is -2.45. The third-order valence-electron chi connectivity index (χ3n) is 6.42. The minimum Gasteiger partial charge on any atom is -0.497 e. The lowest BCUT2D eigenvalue weighted by molar-refractivity contribution is 0.0923. The molecule has 5 rings (SSSR count). The number of nitrogens with zero attached hydrogens (tertiary/aromatic N) is 3. The first-order valence-electron chi connectivity index (χ1n) is 12.1. The van der Waals surface area contributed by atoms with E-state index in [-0.39, 0.29) is 5.78 Å². The molecular weight excluding hydrogens is 460 g/mol. The summed E-state index contributed by atoms with van der Waals surface area (Å²) in [4.78, 5) is 19.4. The van der Waals surface area contributed by atoms with E-state index in [1.165, 1.54) is 0 Å². The highest BCUT2D eigenvalue weighted by Crippen LogP contribution is 2.39. The van der Waals surface area contributed by atoms with E-state index in [1.807, 2.05) is 117 Å². The maximum Gasteiger partial charge on any atom is 0.218 e. The number of rotatable bonds is 8. The Morgan fingerprint density at radius 1 is 0.892 bits per heavy atom. The van der Waals surface area contributed by atoms with Gasteiger partial charge in [-0.2, -0.15) is 5.10 Å². The largest absolute Gasteiger partial charge is 0.497 e. The number of anilines is 1. The Labute approximate surface area is 216 Å². The molecule has 0 spiro atoms. The Balaban J connectivity index is 1.77. The molecule has 5 aromatic rings. The summed E-state index contributed by atoms with van der Waals surface area (Å²) in [6.07, 6.45) is 3.65. The molecule has 0 saturated heterocycles. The molecular formula is C31H28N4O2. The standard InChI is InChI=1S/C31H28N4O2/c1-22-17-18-23(20-32-22)28-21-35(2)34-29(28)30(36)31(24-11-6-4-7-12-24,25-13-8-5-9-14-25)33-26-15-10-16-27(19-26)37-3/h4-21,33H,1-3H3. The second-order valence-electron chi connectivity index (χ2n) is 8.92. The van der Waals surface area contributed by atoms with Crippen LogP contribution >= 0.6 is 0 Å². The number of Topliss-reactive ketones (excluding diaryl/α,β-unsaturated/α-hetero) is 1. The van der Waals surface area contributed by atoms with Crippen molar-refractivity contribution >= 4 is 11.5 Å². The van der Waals surface area contributed by atoms with Crippen molar-refractivity contribution in [3.63, 3.8) is 0 Å². The van der Waals surface area contributed by atoms with E-state index >= 15 is 0 Å². The van der Waals surface area contributed by atoms with Gasteiger partial charge >= 0.3 is 0 Å². The first-order valence-corrected chi connectivity index (χ1v) is 12.1. The van der Waals surface area contributed by atoms with E-state index < -0.39 is 5.54 Å². The van der Waals surface area contributed by atoms with E-state index in [0.717, 1.165) is 33.6 Å². The van der Waals surface area contributed by atoms with Gasteiger partial charge in [-0.05, 0) is 36.2 Å². The molecule has 0 saturated carbocycles. The van der Waals surface area contributed by atoms with Gasteiger partial charge in [-0.3, -0.25) is 14.5 Å². The molecule has 0 amide bonds. The number of methoxy groups -OCH3 is 1. The zero-order valence-corrected chi connectivity index (χ0v) is 21.1. The van der Waals surface area contributed by atoms with Crippen LogP contribution in [-0.2, 0) is 12.6 Å². The number of aryl methyl sites for hydroxylation is 2. The molecule has 3 aromatic carbocycles. The average molecular weight is 489 g/mol. The number of ether oxygens (including phenoxy) is 1. The predicted molar refractivity (Wildman–Crippen MR) is 146 cm³/mol. The van der Waals surface area contributed by atoms with Crippen molar-refractivity contribution in [2.24, 2.45) is 7.05 Å². The van der Waals surface area contributed by atoms with Crippen molar-refractivity contribution in [1.82, 2.24) is 14.8 Å². The van der Waals surface area contributed by atoms with Gasteiger partial charge in [-0.15, -0.1) is 0 Å². The van der Waals surface area contributed by atoms with E-state index in [1.54, 1.807) is 18.0 Å². The van der Waals surface area contributed by atoms with Crippen molar-refractivity contribution in [3.05, 3.63) is 132 Å². The van der Waals surface area contributed by atoms with Crippen LogP contribution in [0.5, 0.6) is 5.75 Å². The molecule has 0 unspecified atom stereocenters. The van der Waals surface area contributed by atoms with Gasteiger partial charge in [0, 0.05) is 48.0 Å². The monoisotopic (exact) mass is 488 g/mol. The van der Waals surface area contributed by atoms with Crippen LogP contribution in [-0.4, -0.2) is 27.7 Å². The van der Waals surface area contributed by atoms with Crippen LogP contribution in [0.2, 0.25) is 0 Å². The number of hydrogen-bond donors (Lipinski definition) is 1. The Bertz CT molecular complexity index is 1470. The van der Waals surface area contributed by atoms with Crippen LogP contribution in [0.1, 0.15) is 27.3 Å². The molecule has 37 heavy (non-hydrogen) atoms. The molecule has 0 aliphatic carbocycles. The highest BCUT2D eigenvalue weighted by molar-refractivity contribution is 6.10. The van der Waals surface area contributed by atoms with Gasteiger partial charge < -0.3 is 10.1 Å². The summed E-state index contributed by atoms with van der Waals surface area (Å²) < 4.78 is 7.14. The summed E-state index contributed by atoms with van der Waals surface area (Å²) in [5.41, 5.74) is 3.90. The zero-order chi connectivity index (χ0) is 25.8. The van der Waals surface area contributed by atoms with Crippen molar-refractivity contribution in [2.75, 3.05) is 12.4 Å².